The number of nitrogens with two attached hydrogens (primary N) is 2. The maximum absolute atomic E-state index is 13.8. The Kier molecular flexibility index (Phi) is 11.5. The number of para-hydroxylation sites is 1. The van der Waals surface area contributed by atoms with Gasteiger partial charge in [-0.25, -0.2) is 19.6 Å². The summed E-state index contributed by atoms with van der Waals surface area (Å²) >= 11 is 0. The van der Waals surface area contributed by atoms with Crippen molar-refractivity contribution in [1.82, 2.24) is 29.7 Å². The summed E-state index contributed by atoms with van der Waals surface area (Å²) in [5.41, 5.74) is 17.3. The normalized spacial score (nSPS) is 22.5. The Morgan fingerprint density at radius 3 is 1.59 bits per heavy atom. The Labute approximate surface area is 352 Å². The van der Waals surface area contributed by atoms with Crippen LogP contribution in [0.5, 0.6) is 0 Å². The fraction of sp³-hybridized carbons (Fsp3) is 0.455. The first-order valence-electron chi connectivity index (χ1n) is 21.1. The van der Waals surface area contributed by atoms with Gasteiger partial charge in [-0.1, -0.05) is 30.3 Å². The van der Waals surface area contributed by atoms with E-state index in [1.54, 1.807) is 9.80 Å². The predicted molar refractivity (Wildman–Crippen MR) is 223 cm³/mol. The maximum Gasteiger partial charge on any atom is 0.405 e. The molecule has 5 aromatic rings. The standard InChI is InChI=1S/C44H51N9O8/c45-43(56)60-37(28-14-18-58-24-28)41(54)52-16-4-8-35(52)39-47-31-12-10-26(20-33(31)49-39)22-51(30-6-2-1-3-7-30)23-27-11-13-32-34(21-27)50-40(48-32)36-9-5-17-53(36)42(55)38(61-44(46)57)29-15-19-59-25-29/h1-3,6-7,10-13,20-21,28-29,35-38H,4-5,8-9,14-19,22-25H2,(H2,45,56)(H2,46,57)(H,47,49)(H,48,50)/t28-,29-,35+,36+,37+,38+/m1/s1. The monoisotopic (exact) mass is 833 g/mol. The van der Waals surface area contributed by atoms with Crippen molar-refractivity contribution in [3.63, 3.8) is 0 Å². The lowest BCUT2D eigenvalue weighted by atomic mass is 10.00. The summed E-state index contributed by atoms with van der Waals surface area (Å²) in [6, 6.07) is 22.0. The van der Waals surface area contributed by atoms with Crippen LogP contribution in [0.25, 0.3) is 22.1 Å². The molecule has 17 heteroatoms. The van der Waals surface area contributed by atoms with Gasteiger partial charge in [-0.15, -0.1) is 0 Å². The molecular weight excluding hydrogens is 783 g/mol. The van der Waals surface area contributed by atoms with E-state index in [9.17, 15) is 19.2 Å². The molecule has 0 bridgehead atoms. The lowest BCUT2D eigenvalue weighted by Crippen LogP contribution is -2.46. The Morgan fingerprint density at radius 1 is 0.689 bits per heavy atom. The minimum Gasteiger partial charge on any atom is -0.436 e. The molecule has 0 unspecified atom stereocenters. The zero-order valence-electron chi connectivity index (χ0n) is 33.9. The van der Waals surface area contributed by atoms with Crippen molar-refractivity contribution < 1.29 is 38.1 Å². The van der Waals surface area contributed by atoms with Gasteiger partial charge in [0.1, 0.15) is 11.6 Å². The van der Waals surface area contributed by atoms with E-state index in [0.717, 1.165) is 64.6 Å². The molecule has 0 saturated carbocycles. The number of nitrogens with one attached hydrogen (secondary N) is 2. The number of anilines is 1. The number of aromatic amines is 2. The second-order valence-corrected chi connectivity index (χ2v) is 16.5. The summed E-state index contributed by atoms with van der Waals surface area (Å²) in [5, 5.41) is 0. The van der Waals surface area contributed by atoms with Crippen molar-refractivity contribution in [2.24, 2.45) is 23.3 Å². The van der Waals surface area contributed by atoms with Gasteiger partial charge >= 0.3 is 12.2 Å². The number of hydrogen-bond acceptors (Lipinski definition) is 11. The van der Waals surface area contributed by atoms with E-state index >= 15 is 0 Å². The molecule has 0 aliphatic carbocycles. The van der Waals surface area contributed by atoms with E-state index in [1.807, 2.05) is 30.3 Å². The number of ether oxygens (including phenoxy) is 4. The number of aromatic nitrogens is 4. The molecule has 4 aliphatic rings. The number of amides is 4. The number of benzene rings is 3. The molecule has 3 aromatic carbocycles. The van der Waals surface area contributed by atoms with E-state index in [2.05, 4.69) is 51.3 Å². The van der Waals surface area contributed by atoms with Crippen LogP contribution in [0, 0.1) is 11.8 Å². The molecular formula is C44H51N9O8. The van der Waals surface area contributed by atoms with Crippen molar-refractivity contribution >= 4 is 51.8 Å². The third kappa shape index (κ3) is 8.57. The van der Waals surface area contributed by atoms with E-state index in [0.29, 0.717) is 77.1 Å². The van der Waals surface area contributed by atoms with E-state index in [1.165, 1.54) is 0 Å². The first kappa shape index (κ1) is 40.2. The maximum atomic E-state index is 13.8. The molecule has 0 radical (unpaired) electrons. The third-order valence-electron chi connectivity index (χ3n) is 12.5. The lowest BCUT2D eigenvalue weighted by molar-refractivity contribution is -0.144. The molecule has 4 aliphatic heterocycles. The number of nitrogens with zero attached hydrogens (tertiary/aromatic N) is 5. The molecule has 61 heavy (non-hydrogen) atoms. The number of primary amides is 2. The Balaban J connectivity index is 0.923. The Bertz CT molecular complexity index is 2250. The van der Waals surface area contributed by atoms with Crippen LogP contribution < -0.4 is 16.4 Å². The molecule has 6 atom stereocenters. The molecule has 4 amide bonds. The number of hydrogen-bond donors (Lipinski definition) is 4. The van der Waals surface area contributed by atoms with Crippen LogP contribution in [0.4, 0.5) is 15.3 Å². The fourth-order valence-corrected chi connectivity index (χ4v) is 9.47. The van der Waals surface area contributed by atoms with Gasteiger partial charge in [0.15, 0.2) is 12.2 Å². The predicted octanol–water partition coefficient (Wildman–Crippen LogP) is 4.97. The second kappa shape index (κ2) is 17.4. The van der Waals surface area contributed by atoms with Crippen LogP contribution in [0.15, 0.2) is 66.7 Å². The summed E-state index contributed by atoms with van der Waals surface area (Å²) in [7, 11) is 0. The van der Waals surface area contributed by atoms with Crippen LogP contribution in [-0.2, 0) is 41.6 Å². The van der Waals surface area contributed by atoms with Gasteiger partial charge in [0.05, 0.1) is 47.4 Å². The zero-order valence-corrected chi connectivity index (χ0v) is 33.9. The zero-order chi connectivity index (χ0) is 42.0. The molecule has 320 valence electrons. The van der Waals surface area contributed by atoms with E-state index in [4.69, 9.17) is 40.4 Å². The van der Waals surface area contributed by atoms with Crippen LogP contribution in [0.1, 0.15) is 73.4 Å². The van der Waals surface area contributed by atoms with Crippen molar-refractivity contribution in [3.8, 4) is 0 Å². The van der Waals surface area contributed by atoms with Crippen LogP contribution in [0.2, 0.25) is 0 Å². The highest BCUT2D eigenvalue weighted by Gasteiger charge is 2.43. The first-order valence-corrected chi connectivity index (χ1v) is 21.1. The van der Waals surface area contributed by atoms with Gasteiger partial charge in [-0.2, -0.15) is 0 Å². The van der Waals surface area contributed by atoms with Crippen LogP contribution in [-0.4, -0.2) is 105 Å². The average Bonchev–Trinajstić information content (AvgIpc) is 4.11. The van der Waals surface area contributed by atoms with Crippen LogP contribution in [0.3, 0.4) is 0 Å². The smallest absolute Gasteiger partial charge is 0.405 e. The largest absolute Gasteiger partial charge is 0.436 e. The summed E-state index contributed by atoms with van der Waals surface area (Å²) in [4.78, 5) is 74.0. The number of carbonyl (C=O) groups excluding carboxylic acids is 4. The van der Waals surface area contributed by atoms with E-state index in [-0.39, 0.29) is 35.7 Å². The number of likely N-dealkylation sites (tertiary alicyclic amines) is 2. The second-order valence-electron chi connectivity index (χ2n) is 16.5. The van der Waals surface area contributed by atoms with Gasteiger partial charge in [-0.3, -0.25) is 9.59 Å². The quantitative estimate of drug-likeness (QED) is 0.124. The number of rotatable bonds is 13. The van der Waals surface area contributed by atoms with Crippen molar-refractivity contribution in [3.05, 3.63) is 89.5 Å². The molecule has 17 nitrogen and oxygen atoms in total. The van der Waals surface area contributed by atoms with Gasteiger partial charge < -0.3 is 55.1 Å². The molecule has 9 rings (SSSR count). The number of H-pyrrole nitrogens is 2. The SMILES string of the molecule is NC(=O)O[C@H](C(=O)N1CCC[C@H]1c1nc2ccc(CN(Cc3ccc4nc([C@@H]5CCCN5C(=O)[C@@H](OC(N)=O)[C@@H]5CCOC5)[nH]c4c3)c3ccccc3)cc2[nH]1)[C@@H]1CCOC1. The molecule has 6 heterocycles. The summed E-state index contributed by atoms with van der Waals surface area (Å²) in [6.45, 7) is 3.95. The fourth-order valence-electron chi connectivity index (χ4n) is 9.47. The number of carbonyl (C=O) groups is 4. The van der Waals surface area contributed by atoms with Gasteiger partial charge in [0, 0.05) is 56.9 Å². The molecule has 2 aromatic heterocycles. The lowest BCUT2D eigenvalue weighted by Gasteiger charge is -2.29. The minimum atomic E-state index is -0.994. The molecule has 4 fully saturated rings. The summed E-state index contributed by atoms with van der Waals surface area (Å²) in [6.07, 6.45) is 0.350. The van der Waals surface area contributed by atoms with Gasteiger partial charge in [0.25, 0.3) is 11.8 Å². The average molecular weight is 834 g/mol. The van der Waals surface area contributed by atoms with Crippen LogP contribution >= 0.6 is 0 Å². The number of imidazole rings is 2. The van der Waals surface area contributed by atoms with Crippen molar-refractivity contribution in [2.75, 3.05) is 44.4 Å². The summed E-state index contributed by atoms with van der Waals surface area (Å²) in [5.74, 6) is 0.360. The molecule has 4 saturated heterocycles. The molecule has 0 spiro atoms. The highest BCUT2D eigenvalue weighted by Crippen LogP contribution is 2.36. The van der Waals surface area contributed by atoms with E-state index < -0.39 is 24.4 Å². The van der Waals surface area contributed by atoms with Crippen molar-refractivity contribution in [2.45, 2.75) is 75.9 Å². The highest BCUT2D eigenvalue weighted by atomic mass is 16.6. The van der Waals surface area contributed by atoms with Gasteiger partial charge in [-0.05, 0) is 86.1 Å². The highest BCUT2D eigenvalue weighted by molar-refractivity contribution is 5.85. The first-order chi connectivity index (χ1) is 29.7. The molecule has 6 N–H and O–H groups in total. The van der Waals surface area contributed by atoms with Gasteiger partial charge in [0.2, 0.25) is 0 Å². The minimum absolute atomic E-state index is 0.242. The summed E-state index contributed by atoms with van der Waals surface area (Å²) < 4.78 is 21.7. The third-order valence-corrected chi connectivity index (χ3v) is 12.5. The topological polar surface area (TPSA) is 224 Å². The number of fused-ring (bicyclic) bond motifs is 2. The Morgan fingerprint density at radius 2 is 1.16 bits per heavy atom. The van der Waals surface area contributed by atoms with Crippen molar-refractivity contribution in [1.29, 1.82) is 0 Å². The Hall–Kier alpha value is -6.20.